The molecule has 2 amide bonds. The van der Waals surface area contributed by atoms with Crippen LogP contribution in [0.4, 0.5) is 10.5 Å². The van der Waals surface area contributed by atoms with Crippen molar-refractivity contribution in [2.75, 3.05) is 11.9 Å². The number of para-hydroxylation sites is 1. The molecule has 0 spiro atoms. The van der Waals surface area contributed by atoms with Crippen LogP contribution >= 0.6 is 22.9 Å². The predicted molar refractivity (Wildman–Crippen MR) is 100 cm³/mol. The van der Waals surface area contributed by atoms with Crippen LogP contribution in [-0.4, -0.2) is 22.4 Å². The summed E-state index contributed by atoms with van der Waals surface area (Å²) in [6.07, 6.45) is 0. The Morgan fingerprint density at radius 2 is 2.00 bits per heavy atom. The molecule has 0 fully saturated rings. The van der Waals surface area contributed by atoms with Crippen molar-refractivity contribution in [3.63, 3.8) is 0 Å². The first-order chi connectivity index (χ1) is 12.1. The van der Waals surface area contributed by atoms with E-state index in [2.05, 4.69) is 15.7 Å². The van der Waals surface area contributed by atoms with E-state index in [9.17, 15) is 9.59 Å². The smallest absolute Gasteiger partial charge is 0.319 e. The number of carbonyl (C=O) groups is 1. The summed E-state index contributed by atoms with van der Waals surface area (Å²) >= 11 is 7.54. The van der Waals surface area contributed by atoms with Gasteiger partial charge >= 0.3 is 6.03 Å². The van der Waals surface area contributed by atoms with Gasteiger partial charge in [0.1, 0.15) is 5.69 Å². The molecule has 0 saturated heterocycles. The quantitative estimate of drug-likeness (QED) is 0.718. The number of hydrogen-bond acceptors (Lipinski definition) is 4. The Kier molecular flexibility index (Phi) is 5.47. The lowest BCUT2D eigenvalue weighted by atomic mass is 10.3. The molecular weight excluding hydrogens is 360 g/mol. The number of anilines is 1. The summed E-state index contributed by atoms with van der Waals surface area (Å²) in [5, 5.41) is 12.1. The second-order valence-electron chi connectivity index (χ2n) is 5.12. The molecule has 3 rings (SSSR count). The Morgan fingerprint density at radius 3 is 2.76 bits per heavy atom. The van der Waals surface area contributed by atoms with Gasteiger partial charge in [0.15, 0.2) is 0 Å². The van der Waals surface area contributed by atoms with E-state index < -0.39 is 6.03 Å². The van der Waals surface area contributed by atoms with Crippen LogP contribution in [-0.2, 0) is 6.54 Å². The Hall–Kier alpha value is -2.64. The third kappa shape index (κ3) is 4.46. The van der Waals surface area contributed by atoms with E-state index in [1.54, 1.807) is 41.7 Å². The monoisotopic (exact) mass is 374 g/mol. The second-order valence-corrected chi connectivity index (χ2v) is 6.47. The number of carbonyl (C=O) groups excluding carboxylic acids is 1. The second kappa shape index (κ2) is 7.96. The number of amides is 2. The highest BCUT2D eigenvalue weighted by atomic mass is 35.5. The highest BCUT2D eigenvalue weighted by Gasteiger charge is 2.06. The van der Waals surface area contributed by atoms with Crippen LogP contribution in [0.15, 0.2) is 58.7 Å². The average molecular weight is 375 g/mol. The van der Waals surface area contributed by atoms with E-state index in [0.29, 0.717) is 10.7 Å². The Bertz CT molecular complexity index is 924. The molecule has 2 heterocycles. The fourth-order valence-electron chi connectivity index (χ4n) is 2.17. The van der Waals surface area contributed by atoms with Gasteiger partial charge in [-0.2, -0.15) is 5.10 Å². The van der Waals surface area contributed by atoms with Crippen LogP contribution < -0.4 is 16.2 Å². The maximum absolute atomic E-state index is 11.9. The Labute approximate surface area is 153 Å². The van der Waals surface area contributed by atoms with Gasteiger partial charge in [-0.15, -0.1) is 11.3 Å². The highest BCUT2D eigenvalue weighted by Crippen LogP contribution is 2.21. The lowest BCUT2D eigenvalue weighted by Gasteiger charge is -2.10. The van der Waals surface area contributed by atoms with E-state index in [1.807, 2.05) is 17.5 Å². The Morgan fingerprint density at radius 1 is 1.16 bits per heavy atom. The molecule has 6 nitrogen and oxygen atoms in total. The summed E-state index contributed by atoms with van der Waals surface area (Å²) in [6, 6.07) is 13.6. The lowest BCUT2D eigenvalue weighted by Crippen LogP contribution is -2.34. The maximum atomic E-state index is 11.9. The number of benzene rings is 1. The van der Waals surface area contributed by atoms with Crippen LogP contribution in [0.5, 0.6) is 0 Å². The minimum absolute atomic E-state index is 0.214. The molecule has 0 aliphatic heterocycles. The van der Waals surface area contributed by atoms with Gasteiger partial charge in [-0.05, 0) is 29.6 Å². The molecule has 0 unspecified atom stereocenters. The van der Waals surface area contributed by atoms with Gasteiger partial charge in [-0.1, -0.05) is 29.8 Å². The SMILES string of the molecule is O=C(NCCn1nc(-c2cccs2)ccc1=O)Nc1ccccc1Cl. The molecule has 0 saturated carbocycles. The third-order valence-electron chi connectivity index (χ3n) is 3.37. The normalized spacial score (nSPS) is 10.4. The number of urea groups is 1. The first-order valence-electron chi connectivity index (χ1n) is 7.55. The molecule has 3 aromatic rings. The number of halogens is 1. The van der Waals surface area contributed by atoms with Crippen LogP contribution in [0.25, 0.3) is 10.6 Å². The number of aromatic nitrogens is 2. The molecule has 8 heteroatoms. The van der Waals surface area contributed by atoms with Gasteiger partial charge in [0.2, 0.25) is 0 Å². The fourth-order valence-corrected chi connectivity index (χ4v) is 3.04. The number of rotatable bonds is 5. The van der Waals surface area contributed by atoms with Crippen molar-refractivity contribution >= 4 is 34.7 Å². The third-order valence-corrected chi connectivity index (χ3v) is 4.59. The zero-order chi connectivity index (χ0) is 17.6. The maximum Gasteiger partial charge on any atom is 0.319 e. The van der Waals surface area contributed by atoms with Crippen LogP contribution in [0.1, 0.15) is 0 Å². The topological polar surface area (TPSA) is 76.0 Å². The molecular formula is C17H15ClN4O2S. The molecule has 0 aliphatic rings. The molecule has 0 atom stereocenters. The van der Waals surface area contributed by atoms with Crippen molar-refractivity contribution in [3.8, 4) is 10.6 Å². The highest BCUT2D eigenvalue weighted by molar-refractivity contribution is 7.13. The van der Waals surface area contributed by atoms with Gasteiger partial charge in [0, 0.05) is 12.6 Å². The molecule has 0 radical (unpaired) electrons. The minimum Gasteiger partial charge on any atom is -0.336 e. The molecule has 1 aromatic carbocycles. The van der Waals surface area contributed by atoms with Gasteiger partial charge in [-0.3, -0.25) is 4.79 Å². The molecule has 25 heavy (non-hydrogen) atoms. The van der Waals surface area contributed by atoms with Gasteiger partial charge in [-0.25, -0.2) is 9.48 Å². The van der Waals surface area contributed by atoms with Gasteiger partial charge in [0.05, 0.1) is 22.1 Å². The van der Waals surface area contributed by atoms with Crippen molar-refractivity contribution in [1.82, 2.24) is 15.1 Å². The summed E-state index contributed by atoms with van der Waals surface area (Å²) in [7, 11) is 0. The molecule has 2 N–H and O–H groups in total. The van der Waals surface area contributed by atoms with Crippen molar-refractivity contribution < 1.29 is 4.79 Å². The zero-order valence-corrected chi connectivity index (χ0v) is 14.7. The standard InChI is InChI=1S/C17H15ClN4O2S/c18-12-4-1-2-5-13(12)20-17(24)19-9-10-22-16(23)8-7-14(21-22)15-6-3-11-25-15/h1-8,11H,9-10H2,(H2,19,20,24). The molecule has 128 valence electrons. The molecule has 0 bridgehead atoms. The summed E-state index contributed by atoms with van der Waals surface area (Å²) in [5.74, 6) is 0. The van der Waals surface area contributed by atoms with E-state index in [0.717, 1.165) is 10.6 Å². The summed E-state index contributed by atoms with van der Waals surface area (Å²) in [4.78, 5) is 24.8. The zero-order valence-electron chi connectivity index (χ0n) is 13.1. The number of nitrogens with zero attached hydrogens (tertiary/aromatic N) is 2. The average Bonchev–Trinajstić information content (AvgIpc) is 3.13. The van der Waals surface area contributed by atoms with Crippen molar-refractivity contribution in [3.05, 3.63) is 69.3 Å². The van der Waals surface area contributed by atoms with E-state index >= 15 is 0 Å². The summed E-state index contributed by atoms with van der Waals surface area (Å²) < 4.78 is 1.34. The van der Waals surface area contributed by atoms with E-state index in [4.69, 9.17) is 11.6 Å². The predicted octanol–water partition coefficient (Wildman–Crippen LogP) is 3.45. The van der Waals surface area contributed by atoms with Crippen molar-refractivity contribution in [2.45, 2.75) is 6.54 Å². The van der Waals surface area contributed by atoms with Crippen LogP contribution in [0.3, 0.4) is 0 Å². The van der Waals surface area contributed by atoms with Crippen LogP contribution in [0, 0.1) is 0 Å². The minimum atomic E-state index is -0.393. The summed E-state index contributed by atoms with van der Waals surface area (Å²) in [5.41, 5.74) is 1.04. The largest absolute Gasteiger partial charge is 0.336 e. The van der Waals surface area contributed by atoms with E-state index in [1.165, 1.54) is 10.7 Å². The van der Waals surface area contributed by atoms with E-state index in [-0.39, 0.29) is 18.6 Å². The summed E-state index contributed by atoms with van der Waals surface area (Å²) in [6.45, 7) is 0.533. The number of nitrogens with one attached hydrogen (secondary N) is 2. The lowest BCUT2D eigenvalue weighted by molar-refractivity contribution is 0.251. The molecule has 2 aromatic heterocycles. The fraction of sp³-hybridized carbons (Fsp3) is 0.118. The first kappa shape index (κ1) is 17.2. The first-order valence-corrected chi connectivity index (χ1v) is 8.81. The molecule has 0 aliphatic carbocycles. The van der Waals surface area contributed by atoms with Crippen molar-refractivity contribution in [1.29, 1.82) is 0 Å². The Balaban J connectivity index is 1.58. The van der Waals surface area contributed by atoms with Gasteiger partial charge < -0.3 is 10.6 Å². The van der Waals surface area contributed by atoms with Crippen molar-refractivity contribution in [2.24, 2.45) is 0 Å². The van der Waals surface area contributed by atoms with Gasteiger partial charge in [0.25, 0.3) is 5.56 Å². The number of hydrogen-bond donors (Lipinski definition) is 2. The van der Waals surface area contributed by atoms with Crippen LogP contribution in [0.2, 0.25) is 5.02 Å². The number of thiophene rings is 1.